The second-order valence-electron chi connectivity index (χ2n) is 7.04. The second-order valence-corrected chi connectivity index (χ2v) is 8.34. The number of hydrogen-bond acceptors (Lipinski definition) is 9. The van der Waals surface area contributed by atoms with Crippen LogP contribution in [0.2, 0.25) is 5.15 Å². The molecule has 1 aliphatic heterocycles. The van der Waals surface area contributed by atoms with Gasteiger partial charge in [-0.3, -0.25) is 15.1 Å². The molecule has 1 unspecified atom stereocenters. The van der Waals surface area contributed by atoms with Gasteiger partial charge < -0.3 is 14.2 Å². The van der Waals surface area contributed by atoms with Crippen molar-refractivity contribution in [3.63, 3.8) is 0 Å². The largest absolute Gasteiger partial charge is 0.494 e. The first kappa shape index (κ1) is 22.3. The van der Waals surface area contributed by atoms with Crippen LogP contribution >= 0.6 is 22.9 Å². The summed E-state index contributed by atoms with van der Waals surface area (Å²) in [6.07, 6.45) is 3.32. The van der Waals surface area contributed by atoms with Crippen LogP contribution in [0.1, 0.15) is 22.5 Å². The number of ether oxygens (including phenoxy) is 3. The summed E-state index contributed by atoms with van der Waals surface area (Å²) in [6.45, 7) is 3.52. The Bertz CT molecular complexity index is 1140. The zero-order valence-corrected chi connectivity index (χ0v) is 18.8. The van der Waals surface area contributed by atoms with Crippen molar-refractivity contribution in [1.82, 2.24) is 20.2 Å². The fourth-order valence-corrected chi connectivity index (χ4v) is 4.18. The lowest BCUT2D eigenvalue weighted by Gasteiger charge is -2.14. The van der Waals surface area contributed by atoms with Crippen molar-refractivity contribution in [2.24, 2.45) is 5.92 Å². The standard InChI is InChI=1S/C20H19ClFN5O4S/c1-10-5-12(15-13(22)6-23-7-14(15)29-2)16(17(21)24-10)18(28)25-19-26-27-20(32-19)31-9-11-3-4-30-8-11/h5-7,11H,3-4,8-9H2,1-2H3,(H,25,26,28). The Kier molecular flexibility index (Phi) is 6.77. The molecule has 1 aliphatic rings. The number of nitrogens with one attached hydrogen (secondary N) is 1. The van der Waals surface area contributed by atoms with E-state index in [0.717, 1.165) is 30.6 Å². The highest BCUT2D eigenvalue weighted by Gasteiger charge is 2.25. The monoisotopic (exact) mass is 479 g/mol. The average Bonchev–Trinajstić information content (AvgIpc) is 3.43. The summed E-state index contributed by atoms with van der Waals surface area (Å²) < 4.78 is 30.9. The van der Waals surface area contributed by atoms with Crippen LogP contribution in [0.15, 0.2) is 18.5 Å². The number of carbonyl (C=O) groups is 1. The predicted molar refractivity (Wildman–Crippen MR) is 116 cm³/mol. The fourth-order valence-electron chi connectivity index (χ4n) is 3.26. The number of rotatable bonds is 7. The summed E-state index contributed by atoms with van der Waals surface area (Å²) in [7, 11) is 1.38. The van der Waals surface area contributed by atoms with Crippen molar-refractivity contribution in [1.29, 1.82) is 0 Å². The van der Waals surface area contributed by atoms with Gasteiger partial charge in [0, 0.05) is 23.8 Å². The summed E-state index contributed by atoms with van der Waals surface area (Å²) in [5, 5.41) is 10.9. The highest BCUT2D eigenvalue weighted by molar-refractivity contribution is 7.17. The van der Waals surface area contributed by atoms with Crippen LogP contribution in [0.5, 0.6) is 10.9 Å². The van der Waals surface area contributed by atoms with Crippen molar-refractivity contribution in [2.75, 3.05) is 32.2 Å². The molecule has 0 bridgehead atoms. The summed E-state index contributed by atoms with van der Waals surface area (Å²) in [5.74, 6) is -0.824. The number of amides is 1. The van der Waals surface area contributed by atoms with Gasteiger partial charge in [0.15, 0.2) is 5.82 Å². The first-order valence-electron chi connectivity index (χ1n) is 9.66. The molecular weight excluding hydrogens is 461 g/mol. The minimum Gasteiger partial charge on any atom is -0.494 e. The van der Waals surface area contributed by atoms with Gasteiger partial charge in [-0.1, -0.05) is 16.7 Å². The number of methoxy groups -OCH3 is 1. The van der Waals surface area contributed by atoms with Gasteiger partial charge in [-0.2, -0.15) is 0 Å². The SMILES string of the molecule is COc1cncc(F)c1-c1cc(C)nc(Cl)c1C(=O)Nc1nnc(OCC2CCOC2)s1. The van der Waals surface area contributed by atoms with E-state index < -0.39 is 11.7 Å². The van der Waals surface area contributed by atoms with E-state index in [9.17, 15) is 9.18 Å². The first-order valence-corrected chi connectivity index (χ1v) is 10.9. The second kappa shape index (κ2) is 9.72. The smallest absolute Gasteiger partial charge is 0.295 e. The lowest BCUT2D eigenvalue weighted by molar-refractivity contribution is 0.102. The molecule has 1 saturated heterocycles. The number of hydrogen-bond donors (Lipinski definition) is 1. The molecule has 32 heavy (non-hydrogen) atoms. The van der Waals surface area contributed by atoms with Crippen molar-refractivity contribution >= 4 is 34.0 Å². The minimum atomic E-state index is -0.664. The van der Waals surface area contributed by atoms with Crippen LogP contribution in [0.4, 0.5) is 9.52 Å². The van der Waals surface area contributed by atoms with Crippen molar-refractivity contribution in [3.05, 3.63) is 40.7 Å². The Hall–Kier alpha value is -2.89. The fraction of sp³-hybridized carbons (Fsp3) is 0.350. The maximum Gasteiger partial charge on any atom is 0.295 e. The van der Waals surface area contributed by atoms with Gasteiger partial charge >= 0.3 is 0 Å². The normalized spacial score (nSPS) is 15.6. The Morgan fingerprint density at radius 1 is 1.41 bits per heavy atom. The maximum atomic E-state index is 14.7. The number of halogens is 2. The molecular formula is C20H19ClFN5O4S. The molecule has 12 heteroatoms. The zero-order valence-electron chi connectivity index (χ0n) is 17.2. The van der Waals surface area contributed by atoms with E-state index in [1.807, 2.05) is 0 Å². The van der Waals surface area contributed by atoms with Crippen molar-refractivity contribution in [3.8, 4) is 22.1 Å². The van der Waals surface area contributed by atoms with Gasteiger partial charge in [0.2, 0.25) is 5.13 Å². The van der Waals surface area contributed by atoms with Crippen LogP contribution < -0.4 is 14.8 Å². The molecule has 1 fully saturated rings. The third-order valence-electron chi connectivity index (χ3n) is 4.78. The molecule has 1 amide bonds. The Labute approximate surface area is 191 Å². The quantitative estimate of drug-likeness (QED) is 0.510. The lowest BCUT2D eigenvalue weighted by atomic mass is 9.99. The van der Waals surface area contributed by atoms with Gasteiger partial charge in [0.05, 0.1) is 43.8 Å². The van der Waals surface area contributed by atoms with E-state index in [2.05, 4.69) is 25.5 Å². The highest BCUT2D eigenvalue weighted by Crippen LogP contribution is 2.37. The summed E-state index contributed by atoms with van der Waals surface area (Å²) in [6, 6.07) is 1.56. The molecule has 1 atom stereocenters. The lowest BCUT2D eigenvalue weighted by Crippen LogP contribution is -2.15. The third kappa shape index (κ3) is 4.79. The van der Waals surface area contributed by atoms with Crippen LogP contribution in [0, 0.1) is 18.7 Å². The van der Waals surface area contributed by atoms with Crippen LogP contribution in [-0.2, 0) is 4.74 Å². The molecule has 0 spiro atoms. The molecule has 4 heterocycles. The van der Waals surface area contributed by atoms with E-state index in [1.54, 1.807) is 13.0 Å². The van der Waals surface area contributed by atoms with Crippen LogP contribution in [0.3, 0.4) is 0 Å². The van der Waals surface area contributed by atoms with E-state index in [-0.39, 0.29) is 32.7 Å². The van der Waals surface area contributed by atoms with Gasteiger partial charge in [0.1, 0.15) is 10.9 Å². The minimum absolute atomic E-state index is 0.0264. The molecule has 0 aliphatic carbocycles. The van der Waals surface area contributed by atoms with Crippen LogP contribution in [0.25, 0.3) is 11.1 Å². The summed E-state index contributed by atoms with van der Waals surface area (Å²) in [4.78, 5) is 21.0. The molecule has 0 radical (unpaired) electrons. The van der Waals surface area contributed by atoms with Crippen molar-refractivity contribution < 1.29 is 23.4 Å². The van der Waals surface area contributed by atoms with Gasteiger partial charge in [-0.05, 0) is 30.7 Å². The Morgan fingerprint density at radius 2 is 2.25 bits per heavy atom. The average molecular weight is 480 g/mol. The third-order valence-corrected chi connectivity index (χ3v) is 5.80. The van der Waals surface area contributed by atoms with Gasteiger partial charge in [0.25, 0.3) is 11.1 Å². The topological polar surface area (TPSA) is 108 Å². The van der Waals surface area contributed by atoms with Crippen molar-refractivity contribution in [2.45, 2.75) is 13.3 Å². The van der Waals surface area contributed by atoms with E-state index >= 15 is 0 Å². The Morgan fingerprint density at radius 3 is 3.00 bits per heavy atom. The molecule has 1 N–H and O–H groups in total. The number of anilines is 1. The number of pyridine rings is 2. The Balaban J connectivity index is 1.60. The first-order chi connectivity index (χ1) is 15.5. The molecule has 0 saturated carbocycles. The number of aromatic nitrogens is 4. The molecule has 168 valence electrons. The molecule has 4 rings (SSSR count). The highest BCUT2D eigenvalue weighted by atomic mass is 35.5. The van der Waals surface area contributed by atoms with Gasteiger partial charge in [-0.15, -0.1) is 5.10 Å². The number of nitrogens with zero attached hydrogens (tertiary/aromatic N) is 4. The molecule has 3 aromatic heterocycles. The van der Waals surface area contributed by atoms with E-state index in [0.29, 0.717) is 30.0 Å². The predicted octanol–water partition coefficient (Wildman–Crippen LogP) is 3.77. The summed E-state index contributed by atoms with van der Waals surface area (Å²) >= 11 is 7.37. The maximum absolute atomic E-state index is 14.7. The molecule has 3 aromatic rings. The van der Waals surface area contributed by atoms with Crippen LogP contribution in [-0.4, -0.2) is 53.0 Å². The van der Waals surface area contributed by atoms with E-state index in [1.165, 1.54) is 13.3 Å². The summed E-state index contributed by atoms with van der Waals surface area (Å²) in [5.41, 5.74) is 0.753. The van der Waals surface area contributed by atoms with E-state index in [4.69, 9.17) is 25.8 Å². The molecule has 9 nitrogen and oxygen atoms in total. The zero-order chi connectivity index (χ0) is 22.7. The van der Waals surface area contributed by atoms with Gasteiger partial charge in [-0.25, -0.2) is 9.37 Å². The number of aryl methyl sites for hydroxylation is 1. The number of carbonyl (C=O) groups excluding carboxylic acids is 1. The molecule has 0 aromatic carbocycles.